The van der Waals surface area contributed by atoms with Crippen molar-refractivity contribution in [3.05, 3.63) is 64.3 Å². The molecule has 1 aliphatic carbocycles. The first kappa shape index (κ1) is 26.8. The highest BCUT2D eigenvalue weighted by molar-refractivity contribution is 7.70. The molecule has 4 heterocycles. The number of piperidine rings is 1. The molecule has 39 heavy (non-hydrogen) atoms. The van der Waals surface area contributed by atoms with Crippen LogP contribution >= 0.6 is 18.7 Å². The lowest BCUT2D eigenvalue weighted by molar-refractivity contribution is -0.121. The molecule has 2 N–H and O–H groups in total. The van der Waals surface area contributed by atoms with Crippen molar-refractivity contribution in [1.29, 1.82) is 0 Å². The highest BCUT2D eigenvalue weighted by Crippen LogP contribution is 2.39. The van der Waals surface area contributed by atoms with Gasteiger partial charge < -0.3 is 19.9 Å². The lowest BCUT2D eigenvalue weighted by Gasteiger charge is -2.48. The number of halogens is 1. The van der Waals surface area contributed by atoms with Crippen molar-refractivity contribution in [3.63, 3.8) is 0 Å². The van der Waals surface area contributed by atoms with Gasteiger partial charge >= 0.3 is 0 Å². The van der Waals surface area contributed by atoms with Crippen LogP contribution in [-0.2, 0) is 22.1 Å². The zero-order chi connectivity index (χ0) is 27.1. The molecular formula is C30H37ClN5O2P. The summed E-state index contributed by atoms with van der Waals surface area (Å²) in [5.41, 5.74) is 5.61. The minimum absolute atomic E-state index is 0.402. The van der Waals surface area contributed by atoms with Crippen LogP contribution in [0.1, 0.15) is 42.4 Å². The zero-order valence-corrected chi connectivity index (χ0v) is 24.6. The Morgan fingerprint density at radius 2 is 1.82 bits per heavy atom. The fraction of sp³-hybridized carbons (Fsp3) is 0.467. The van der Waals surface area contributed by atoms with Crippen LogP contribution in [0.25, 0.3) is 0 Å². The van der Waals surface area contributed by atoms with E-state index in [9.17, 15) is 4.57 Å². The van der Waals surface area contributed by atoms with Gasteiger partial charge in [-0.15, -0.1) is 0 Å². The van der Waals surface area contributed by atoms with E-state index in [4.69, 9.17) is 16.3 Å². The molecule has 3 aliphatic heterocycles. The number of fused-ring (bicyclic) bond motifs is 4. The Morgan fingerprint density at radius 3 is 2.54 bits per heavy atom. The third-order valence-electron chi connectivity index (χ3n) is 8.39. The lowest BCUT2D eigenvalue weighted by Crippen LogP contribution is -2.57. The van der Waals surface area contributed by atoms with Crippen LogP contribution in [0.3, 0.4) is 0 Å². The quantitative estimate of drug-likeness (QED) is 0.269. The summed E-state index contributed by atoms with van der Waals surface area (Å²) in [5.74, 6) is 0.938. The van der Waals surface area contributed by atoms with E-state index >= 15 is 0 Å². The van der Waals surface area contributed by atoms with Crippen molar-refractivity contribution in [2.75, 3.05) is 37.1 Å². The van der Waals surface area contributed by atoms with E-state index in [-0.39, 0.29) is 0 Å². The van der Waals surface area contributed by atoms with Crippen LogP contribution in [0.2, 0.25) is 5.02 Å². The monoisotopic (exact) mass is 565 g/mol. The normalized spacial score (nSPS) is 23.2. The predicted octanol–water partition coefficient (Wildman–Crippen LogP) is 6.28. The average Bonchev–Trinajstić information content (AvgIpc) is 3.14. The van der Waals surface area contributed by atoms with Crippen LogP contribution in [0.4, 0.5) is 23.1 Å². The summed E-state index contributed by atoms with van der Waals surface area (Å²) in [5, 5.41) is 7.85. The molecule has 2 bridgehead atoms. The maximum absolute atomic E-state index is 12.9. The molecule has 9 heteroatoms. The third kappa shape index (κ3) is 5.88. The molecular weight excluding hydrogens is 529 g/mol. The number of hydrogen-bond donors (Lipinski definition) is 2. The lowest BCUT2D eigenvalue weighted by atomic mass is 9.93. The van der Waals surface area contributed by atoms with E-state index in [0.717, 1.165) is 48.2 Å². The second-order valence-electron chi connectivity index (χ2n) is 11.6. The van der Waals surface area contributed by atoms with Gasteiger partial charge in [0.25, 0.3) is 0 Å². The summed E-state index contributed by atoms with van der Waals surface area (Å²) < 4.78 is 18.9. The first-order chi connectivity index (χ1) is 18.7. The maximum Gasteiger partial charge on any atom is 0.229 e. The van der Waals surface area contributed by atoms with E-state index in [0.29, 0.717) is 35.0 Å². The predicted molar refractivity (Wildman–Crippen MR) is 160 cm³/mol. The number of rotatable bonds is 6. The Kier molecular flexibility index (Phi) is 7.45. The number of benzene rings is 2. The maximum atomic E-state index is 12.9. The van der Waals surface area contributed by atoms with Gasteiger partial charge in [-0.3, -0.25) is 4.90 Å². The van der Waals surface area contributed by atoms with Crippen molar-refractivity contribution < 1.29 is 9.30 Å². The Labute approximate surface area is 236 Å². The molecule has 1 aromatic heterocycles. The van der Waals surface area contributed by atoms with E-state index in [1.165, 1.54) is 36.8 Å². The molecule has 0 radical (unpaired) electrons. The third-order valence-corrected chi connectivity index (χ3v) is 10.2. The standard InChI is InChI=1S/C30H37ClN5O2P/c1-19-4-13-27(28(14-19)39(2,3)37)34-29-26(31)16-32-30(35-29)33-22-8-5-20-6-9-23(10-7-21(20)15-22)36-17-25-12-11-24(36)18-38-25/h4-5,8,13-16,23-25H,6-7,9-12,17-18H2,1-3H3,(H2,32,33,34,35)/t23-,24-,25-/m0/s1. The Balaban J connectivity index is 1.17. The summed E-state index contributed by atoms with van der Waals surface area (Å²) in [6.45, 7) is 7.54. The molecule has 206 valence electrons. The molecule has 2 aromatic carbocycles. The number of ether oxygens (including phenoxy) is 1. The smallest absolute Gasteiger partial charge is 0.229 e. The SMILES string of the molecule is Cc1ccc(Nc2nc(Nc3ccc4c(c3)CC[C@@H](N3C[C@@H]5CC[C@H]3CO5)CC4)ncc2Cl)c(P(C)(C)=O)c1. The Bertz CT molecular complexity index is 1420. The highest BCUT2D eigenvalue weighted by Gasteiger charge is 2.38. The van der Waals surface area contributed by atoms with Crippen LogP contribution < -0.4 is 15.9 Å². The molecule has 4 aliphatic rings. The molecule has 3 aromatic rings. The number of nitrogens with zero attached hydrogens (tertiary/aromatic N) is 3. The van der Waals surface area contributed by atoms with Crippen LogP contribution in [0.15, 0.2) is 42.6 Å². The molecule has 7 rings (SSSR count). The van der Waals surface area contributed by atoms with Gasteiger partial charge in [0.2, 0.25) is 5.95 Å². The second-order valence-corrected chi connectivity index (χ2v) is 15.2. The zero-order valence-electron chi connectivity index (χ0n) is 22.9. The summed E-state index contributed by atoms with van der Waals surface area (Å²) >= 11 is 6.46. The number of aromatic nitrogens is 2. The van der Waals surface area contributed by atoms with E-state index in [1.54, 1.807) is 19.5 Å². The van der Waals surface area contributed by atoms with Gasteiger partial charge in [-0.25, -0.2) is 4.98 Å². The topological polar surface area (TPSA) is 79.4 Å². The highest BCUT2D eigenvalue weighted by atomic mass is 35.5. The van der Waals surface area contributed by atoms with Gasteiger partial charge in [-0.05, 0) is 94.2 Å². The van der Waals surface area contributed by atoms with Crippen molar-refractivity contribution in [1.82, 2.24) is 14.9 Å². The number of aryl methyl sites for hydroxylation is 3. The molecule has 3 fully saturated rings. The Hall–Kier alpha value is -2.44. The summed E-state index contributed by atoms with van der Waals surface area (Å²) in [4.78, 5) is 11.8. The molecule has 3 saturated heterocycles. The van der Waals surface area contributed by atoms with Gasteiger partial charge in [-0.1, -0.05) is 29.3 Å². The average molecular weight is 566 g/mol. The van der Waals surface area contributed by atoms with Crippen LogP contribution in [0, 0.1) is 6.92 Å². The molecule has 0 amide bonds. The van der Waals surface area contributed by atoms with Gasteiger partial charge in [0.1, 0.15) is 12.2 Å². The first-order valence-corrected chi connectivity index (χ1v) is 16.9. The second kappa shape index (κ2) is 10.9. The summed E-state index contributed by atoms with van der Waals surface area (Å²) in [6, 6.07) is 13.7. The van der Waals surface area contributed by atoms with Gasteiger partial charge in [-0.2, -0.15) is 4.98 Å². The number of anilines is 4. The van der Waals surface area contributed by atoms with Crippen molar-refractivity contribution >= 4 is 47.2 Å². The molecule has 7 nitrogen and oxygen atoms in total. The fourth-order valence-electron chi connectivity index (χ4n) is 6.29. The number of hydrogen-bond acceptors (Lipinski definition) is 7. The molecule has 0 unspecified atom stereocenters. The molecule has 0 saturated carbocycles. The van der Waals surface area contributed by atoms with E-state index < -0.39 is 7.14 Å². The van der Waals surface area contributed by atoms with Crippen molar-refractivity contribution in [2.45, 2.75) is 63.6 Å². The van der Waals surface area contributed by atoms with Crippen molar-refractivity contribution in [2.24, 2.45) is 0 Å². The van der Waals surface area contributed by atoms with Gasteiger partial charge in [0.15, 0.2) is 5.82 Å². The molecule has 3 atom stereocenters. The molecule has 0 spiro atoms. The number of nitrogens with one attached hydrogen (secondary N) is 2. The largest absolute Gasteiger partial charge is 0.375 e. The minimum Gasteiger partial charge on any atom is -0.375 e. The van der Waals surface area contributed by atoms with Crippen molar-refractivity contribution in [3.8, 4) is 0 Å². The van der Waals surface area contributed by atoms with E-state index in [2.05, 4.69) is 43.7 Å². The van der Waals surface area contributed by atoms with Gasteiger partial charge in [0, 0.05) is 29.6 Å². The fourth-order valence-corrected chi connectivity index (χ4v) is 7.66. The van der Waals surface area contributed by atoms with Crippen LogP contribution in [-0.4, -0.2) is 59.5 Å². The van der Waals surface area contributed by atoms with E-state index in [1.807, 2.05) is 25.1 Å². The Morgan fingerprint density at radius 1 is 1.00 bits per heavy atom. The minimum atomic E-state index is -2.51. The van der Waals surface area contributed by atoms with Gasteiger partial charge in [0.05, 0.1) is 24.6 Å². The summed E-state index contributed by atoms with van der Waals surface area (Å²) in [6.07, 6.45) is 9.10. The van der Waals surface area contributed by atoms with Crippen LogP contribution in [0.5, 0.6) is 0 Å². The first-order valence-electron chi connectivity index (χ1n) is 13.9. The summed E-state index contributed by atoms with van der Waals surface area (Å²) in [7, 11) is -2.51. The number of morpholine rings is 1.